The molecule has 5 heteroatoms. The molecular weight excluding hydrogens is 294 g/mol. The Morgan fingerprint density at radius 3 is 2.59 bits per heavy atom. The van der Waals surface area contributed by atoms with Crippen LogP contribution in [-0.2, 0) is 13.0 Å². The summed E-state index contributed by atoms with van der Waals surface area (Å²) >= 11 is 1.49. The van der Waals surface area contributed by atoms with Crippen LogP contribution >= 0.6 is 11.3 Å². The highest BCUT2D eigenvalue weighted by Crippen LogP contribution is 2.17. The first-order valence-electron chi connectivity index (χ1n) is 7.50. The molecule has 4 nitrogen and oxygen atoms in total. The van der Waals surface area contributed by atoms with Crippen molar-refractivity contribution in [1.82, 2.24) is 9.88 Å². The van der Waals surface area contributed by atoms with Gasteiger partial charge in [0, 0.05) is 25.4 Å². The molecule has 2 aromatic rings. The lowest BCUT2D eigenvalue weighted by Crippen LogP contribution is -2.26. The van der Waals surface area contributed by atoms with Crippen LogP contribution in [0.5, 0.6) is 0 Å². The van der Waals surface area contributed by atoms with Crippen molar-refractivity contribution < 1.29 is 4.79 Å². The summed E-state index contributed by atoms with van der Waals surface area (Å²) in [6, 6.07) is 8.42. The van der Waals surface area contributed by atoms with Gasteiger partial charge in [-0.1, -0.05) is 38.1 Å². The van der Waals surface area contributed by atoms with Crippen LogP contribution in [0.4, 0.5) is 0 Å². The molecule has 0 unspecified atom stereocenters. The number of carbonyl (C=O) groups is 1. The zero-order valence-corrected chi connectivity index (χ0v) is 14.2. The number of nitrogens with zero attached hydrogens (tertiary/aromatic N) is 2. The highest BCUT2D eigenvalue weighted by Gasteiger charge is 2.15. The van der Waals surface area contributed by atoms with E-state index in [0.717, 1.165) is 17.0 Å². The van der Waals surface area contributed by atoms with E-state index in [1.54, 1.807) is 11.9 Å². The summed E-state index contributed by atoms with van der Waals surface area (Å²) in [6.45, 7) is 5.48. The maximum absolute atomic E-state index is 12.4. The Bertz CT molecular complexity index is 619. The minimum atomic E-state index is -0.0487. The summed E-state index contributed by atoms with van der Waals surface area (Å²) in [4.78, 5) is 18.4. The third-order valence-corrected chi connectivity index (χ3v) is 4.45. The Hall–Kier alpha value is -1.72. The lowest BCUT2D eigenvalue weighted by molar-refractivity contribution is 0.0780. The predicted octanol–water partition coefficient (Wildman–Crippen LogP) is 3.04. The van der Waals surface area contributed by atoms with Gasteiger partial charge in [-0.3, -0.25) is 4.79 Å². The lowest BCUT2D eigenvalue weighted by atomic mass is 10.0. The topological polar surface area (TPSA) is 59.2 Å². The molecule has 1 aromatic carbocycles. The molecule has 0 aliphatic carbocycles. The van der Waals surface area contributed by atoms with E-state index < -0.39 is 0 Å². The molecule has 2 rings (SSSR count). The van der Waals surface area contributed by atoms with Gasteiger partial charge in [-0.15, -0.1) is 11.3 Å². The van der Waals surface area contributed by atoms with Crippen molar-refractivity contribution in [3.05, 3.63) is 51.5 Å². The highest BCUT2D eigenvalue weighted by molar-refractivity contribution is 7.09. The van der Waals surface area contributed by atoms with E-state index >= 15 is 0 Å². The third-order valence-electron chi connectivity index (χ3n) is 3.54. The average molecular weight is 317 g/mol. The van der Waals surface area contributed by atoms with Gasteiger partial charge in [0.15, 0.2) is 0 Å². The molecule has 0 saturated heterocycles. The summed E-state index contributed by atoms with van der Waals surface area (Å²) in [7, 11) is 1.81. The van der Waals surface area contributed by atoms with Crippen LogP contribution in [0.3, 0.4) is 0 Å². The predicted molar refractivity (Wildman–Crippen MR) is 91.2 cm³/mol. The summed E-state index contributed by atoms with van der Waals surface area (Å²) in [5.74, 6) is 0.469. The van der Waals surface area contributed by atoms with Crippen LogP contribution in [0.25, 0.3) is 0 Å². The quantitative estimate of drug-likeness (QED) is 0.891. The van der Waals surface area contributed by atoms with Gasteiger partial charge < -0.3 is 10.6 Å². The lowest BCUT2D eigenvalue weighted by Gasteiger charge is -2.16. The minimum absolute atomic E-state index is 0.0487. The fourth-order valence-electron chi connectivity index (χ4n) is 2.20. The van der Waals surface area contributed by atoms with E-state index in [4.69, 9.17) is 5.73 Å². The largest absolute Gasteiger partial charge is 0.336 e. The van der Waals surface area contributed by atoms with Crippen molar-refractivity contribution in [2.24, 2.45) is 5.73 Å². The van der Waals surface area contributed by atoms with Crippen LogP contribution < -0.4 is 5.73 Å². The number of hydrogen-bond acceptors (Lipinski definition) is 4. The maximum atomic E-state index is 12.4. The first-order chi connectivity index (χ1) is 10.5. The molecule has 0 saturated carbocycles. The molecule has 0 aliphatic rings. The SMILES string of the molecule is CC(C)c1ccc(CN(C)C(=O)c2csc(CCN)n2)cc1. The number of rotatable bonds is 6. The van der Waals surface area contributed by atoms with Gasteiger partial charge in [0.2, 0.25) is 0 Å². The number of carbonyl (C=O) groups excluding carboxylic acids is 1. The van der Waals surface area contributed by atoms with Crippen LogP contribution in [-0.4, -0.2) is 29.4 Å². The van der Waals surface area contributed by atoms with Gasteiger partial charge in [-0.05, 0) is 23.6 Å². The fourth-order valence-corrected chi connectivity index (χ4v) is 2.98. The smallest absolute Gasteiger partial charge is 0.273 e. The second-order valence-corrected chi connectivity index (χ2v) is 6.67. The summed E-state index contributed by atoms with van der Waals surface area (Å²) in [5.41, 5.74) is 8.45. The zero-order chi connectivity index (χ0) is 16.1. The number of benzene rings is 1. The molecule has 1 amide bonds. The second-order valence-electron chi connectivity index (χ2n) is 5.72. The van der Waals surface area contributed by atoms with Crippen molar-refractivity contribution >= 4 is 17.2 Å². The Morgan fingerprint density at radius 1 is 1.32 bits per heavy atom. The van der Waals surface area contributed by atoms with Crippen LogP contribution in [0.2, 0.25) is 0 Å². The van der Waals surface area contributed by atoms with Gasteiger partial charge in [-0.25, -0.2) is 4.98 Å². The third kappa shape index (κ3) is 4.15. The Balaban J connectivity index is 2.00. The number of hydrogen-bond donors (Lipinski definition) is 1. The number of nitrogens with two attached hydrogens (primary N) is 1. The molecule has 0 atom stereocenters. The maximum Gasteiger partial charge on any atom is 0.273 e. The van der Waals surface area contributed by atoms with Crippen molar-refractivity contribution in [2.75, 3.05) is 13.6 Å². The minimum Gasteiger partial charge on any atom is -0.336 e. The standard InChI is InChI=1S/C17H23N3OS/c1-12(2)14-6-4-13(5-7-14)10-20(3)17(21)15-11-22-16(19-15)8-9-18/h4-7,11-12H,8-10,18H2,1-3H3. The van der Waals surface area contributed by atoms with Crippen molar-refractivity contribution in [3.8, 4) is 0 Å². The van der Waals surface area contributed by atoms with Crippen molar-refractivity contribution in [3.63, 3.8) is 0 Å². The molecule has 0 bridgehead atoms. The number of amides is 1. The van der Waals surface area contributed by atoms with Gasteiger partial charge in [0.25, 0.3) is 5.91 Å². The van der Waals surface area contributed by atoms with Crippen molar-refractivity contribution in [1.29, 1.82) is 0 Å². The van der Waals surface area contributed by atoms with Crippen LogP contribution in [0.15, 0.2) is 29.6 Å². The van der Waals surface area contributed by atoms with Crippen LogP contribution in [0, 0.1) is 0 Å². The Kier molecular flexibility index (Phi) is 5.69. The number of thiazole rings is 1. The van der Waals surface area contributed by atoms with Gasteiger partial charge in [0.1, 0.15) is 5.69 Å². The van der Waals surface area contributed by atoms with E-state index in [0.29, 0.717) is 24.7 Å². The van der Waals surface area contributed by atoms with E-state index in [-0.39, 0.29) is 5.91 Å². The molecular formula is C17H23N3OS. The monoisotopic (exact) mass is 317 g/mol. The molecule has 2 N–H and O–H groups in total. The Labute approximate surface area is 136 Å². The van der Waals surface area contributed by atoms with E-state index in [1.807, 2.05) is 5.38 Å². The first kappa shape index (κ1) is 16.6. The summed E-state index contributed by atoms with van der Waals surface area (Å²) in [6.07, 6.45) is 0.721. The summed E-state index contributed by atoms with van der Waals surface area (Å²) < 4.78 is 0. The van der Waals surface area contributed by atoms with Gasteiger partial charge in [-0.2, -0.15) is 0 Å². The zero-order valence-electron chi connectivity index (χ0n) is 13.4. The van der Waals surface area contributed by atoms with E-state index in [1.165, 1.54) is 16.9 Å². The highest BCUT2D eigenvalue weighted by atomic mass is 32.1. The van der Waals surface area contributed by atoms with E-state index in [9.17, 15) is 4.79 Å². The number of aromatic nitrogens is 1. The molecule has 118 valence electrons. The van der Waals surface area contributed by atoms with Crippen molar-refractivity contribution in [2.45, 2.75) is 32.7 Å². The fraction of sp³-hybridized carbons (Fsp3) is 0.412. The molecule has 0 spiro atoms. The van der Waals surface area contributed by atoms with Gasteiger partial charge in [0.05, 0.1) is 5.01 Å². The molecule has 0 aliphatic heterocycles. The molecule has 0 radical (unpaired) electrons. The Morgan fingerprint density at radius 2 is 2.00 bits per heavy atom. The van der Waals surface area contributed by atoms with Crippen LogP contribution in [0.1, 0.15) is 46.4 Å². The van der Waals surface area contributed by atoms with Gasteiger partial charge >= 0.3 is 0 Å². The summed E-state index contributed by atoms with van der Waals surface area (Å²) in [5, 5.41) is 2.73. The van der Waals surface area contributed by atoms with E-state index in [2.05, 4.69) is 43.1 Å². The normalized spacial score (nSPS) is 11.0. The first-order valence-corrected chi connectivity index (χ1v) is 8.38. The average Bonchev–Trinajstić information content (AvgIpc) is 2.96. The molecule has 1 heterocycles. The molecule has 0 fully saturated rings. The molecule has 22 heavy (non-hydrogen) atoms. The molecule has 1 aromatic heterocycles. The second kappa shape index (κ2) is 7.51.